The Balaban J connectivity index is 1.44. The highest BCUT2D eigenvalue weighted by Crippen LogP contribution is 2.33. The van der Waals surface area contributed by atoms with Crippen LogP contribution in [0.2, 0.25) is 0 Å². The number of nitrogens with one attached hydrogen (secondary N) is 1. The number of amides is 1. The fourth-order valence-electron chi connectivity index (χ4n) is 4.52. The van der Waals surface area contributed by atoms with Crippen molar-refractivity contribution in [2.24, 2.45) is 0 Å². The number of thiophene rings is 1. The van der Waals surface area contributed by atoms with Crippen LogP contribution in [-0.2, 0) is 4.79 Å². The van der Waals surface area contributed by atoms with E-state index in [1.807, 2.05) is 38.1 Å². The minimum atomic E-state index is -0.600. The van der Waals surface area contributed by atoms with E-state index >= 15 is 0 Å². The van der Waals surface area contributed by atoms with Gasteiger partial charge in [0, 0.05) is 42.8 Å². The van der Waals surface area contributed by atoms with Crippen LogP contribution in [0.4, 0.5) is 0 Å². The number of benzene rings is 1. The maximum atomic E-state index is 13.4. The molecule has 1 aliphatic heterocycles. The lowest BCUT2D eigenvalue weighted by atomic mass is 10.1. The molecule has 172 valence electrons. The van der Waals surface area contributed by atoms with Crippen LogP contribution in [0.1, 0.15) is 38.4 Å². The molecule has 3 heterocycles. The van der Waals surface area contributed by atoms with Gasteiger partial charge in [-0.3, -0.25) is 9.59 Å². The summed E-state index contributed by atoms with van der Waals surface area (Å²) in [6.45, 7) is 13.2. The summed E-state index contributed by atoms with van der Waals surface area (Å²) in [6.07, 6.45) is 1.43. The summed E-state index contributed by atoms with van der Waals surface area (Å²) in [7, 11) is 0. The molecule has 7 nitrogen and oxygen atoms in total. The second kappa shape index (κ2) is 10.1. The number of carbonyl (C=O) groups excluding carboxylic acids is 1. The first kappa shape index (κ1) is 22.9. The Labute approximate surface area is 193 Å². The van der Waals surface area contributed by atoms with Crippen molar-refractivity contribution in [1.82, 2.24) is 24.9 Å². The lowest BCUT2D eigenvalue weighted by Crippen LogP contribution is -2.46. The molecule has 1 fully saturated rings. The van der Waals surface area contributed by atoms with E-state index < -0.39 is 6.04 Å². The van der Waals surface area contributed by atoms with Crippen molar-refractivity contribution < 1.29 is 4.79 Å². The van der Waals surface area contributed by atoms with Gasteiger partial charge in [-0.05, 0) is 38.9 Å². The standard InChI is InChI=1S/C24H33N5O2S/c1-4-19(23(30)25-11-8-12-28-15-13-27(5-2)14-16-28)29-24(31)21-18-9-6-7-10-20(18)32-22(21)17(3)26-29/h6-7,9-10,19H,4-5,8,11-16H2,1-3H3,(H,25,30). The third kappa shape index (κ3) is 4.58. The van der Waals surface area contributed by atoms with Crippen molar-refractivity contribution in [3.63, 3.8) is 0 Å². The van der Waals surface area contributed by atoms with Crippen LogP contribution < -0.4 is 10.9 Å². The summed E-state index contributed by atoms with van der Waals surface area (Å²) in [5.74, 6) is -0.129. The van der Waals surface area contributed by atoms with E-state index in [-0.39, 0.29) is 11.5 Å². The van der Waals surface area contributed by atoms with E-state index in [1.165, 1.54) is 4.68 Å². The summed E-state index contributed by atoms with van der Waals surface area (Å²) in [5, 5.41) is 9.21. The number of rotatable bonds is 8. The van der Waals surface area contributed by atoms with Crippen LogP contribution in [0.15, 0.2) is 29.1 Å². The van der Waals surface area contributed by atoms with Crippen molar-refractivity contribution >= 4 is 37.4 Å². The average Bonchev–Trinajstić information content (AvgIpc) is 3.21. The first-order valence-corrected chi connectivity index (χ1v) is 12.5. The van der Waals surface area contributed by atoms with Gasteiger partial charge in [0.1, 0.15) is 6.04 Å². The molecule has 0 saturated carbocycles. The average molecular weight is 456 g/mol. The molecule has 32 heavy (non-hydrogen) atoms. The Morgan fingerprint density at radius 2 is 1.88 bits per heavy atom. The highest BCUT2D eigenvalue weighted by atomic mass is 32.1. The summed E-state index contributed by atoms with van der Waals surface area (Å²) in [5.41, 5.74) is 0.608. The molecule has 0 aliphatic carbocycles. The van der Waals surface area contributed by atoms with Gasteiger partial charge in [0.15, 0.2) is 0 Å². The minimum Gasteiger partial charge on any atom is -0.354 e. The van der Waals surface area contributed by atoms with Gasteiger partial charge < -0.3 is 15.1 Å². The predicted molar refractivity (Wildman–Crippen MR) is 132 cm³/mol. The molecular formula is C24H33N5O2S. The zero-order chi connectivity index (χ0) is 22.7. The molecule has 1 aromatic carbocycles. The van der Waals surface area contributed by atoms with Crippen molar-refractivity contribution in [1.29, 1.82) is 0 Å². The Kier molecular flexibility index (Phi) is 7.23. The van der Waals surface area contributed by atoms with Gasteiger partial charge in [0.25, 0.3) is 5.56 Å². The molecular weight excluding hydrogens is 422 g/mol. The highest BCUT2D eigenvalue weighted by molar-refractivity contribution is 7.26. The molecule has 1 unspecified atom stereocenters. The van der Waals surface area contributed by atoms with E-state index in [0.29, 0.717) is 18.4 Å². The quantitative estimate of drug-likeness (QED) is 0.529. The summed E-state index contributed by atoms with van der Waals surface area (Å²) >= 11 is 1.59. The van der Waals surface area contributed by atoms with Gasteiger partial charge >= 0.3 is 0 Å². The SMILES string of the molecule is CCC(C(=O)NCCCN1CCN(CC)CC1)n1nc(C)c2sc3ccccc3c2c1=O. The molecule has 0 bridgehead atoms. The summed E-state index contributed by atoms with van der Waals surface area (Å²) in [4.78, 5) is 31.3. The van der Waals surface area contributed by atoms with Gasteiger partial charge in [-0.1, -0.05) is 32.0 Å². The molecule has 3 aromatic rings. The largest absolute Gasteiger partial charge is 0.354 e. The number of carbonyl (C=O) groups is 1. The van der Waals surface area contributed by atoms with Gasteiger partial charge in [-0.25, -0.2) is 4.68 Å². The Morgan fingerprint density at radius 3 is 2.59 bits per heavy atom. The summed E-state index contributed by atoms with van der Waals surface area (Å²) in [6, 6.07) is 7.32. The molecule has 4 rings (SSSR count). The molecule has 0 spiro atoms. The fraction of sp³-hybridized carbons (Fsp3) is 0.542. The van der Waals surface area contributed by atoms with Gasteiger partial charge in [-0.15, -0.1) is 11.3 Å². The Morgan fingerprint density at radius 1 is 1.16 bits per heavy atom. The third-order valence-electron chi connectivity index (χ3n) is 6.45. The zero-order valence-corrected chi connectivity index (χ0v) is 20.1. The first-order chi connectivity index (χ1) is 15.5. The first-order valence-electron chi connectivity index (χ1n) is 11.7. The smallest absolute Gasteiger partial charge is 0.276 e. The number of nitrogens with zero attached hydrogens (tertiary/aromatic N) is 4. The number of hydrogen-bond acceptors (Lipinski definition) is 6. The van der Waals surface area contributed by atoms with E-state index in [4.69, 9.17) is 0 Å². The van der Waals surface area contributed by atoms with E-state index in [1.54, 1.807) is 11.3 Å². The van der Waals surface area contributed by atoms with Crippen LogP contribution in [0, 0.1) is 6.92 Å². The van der Waals surface area contributed by atoms with Crippen molar-refractivity contribution in [2.45, 2.75) is 39.7 Å². The van der Waals surface area contributed by atoms with E-state index in [9.17, 15) is 9.59 Å². The van der Waals surface area contributed by atoms with Gasteiger partial charge in [0.05, 0.1) is 15.8 Å². The Hall–Kier alpha value is -2.29. The molecule has 1 N–H and O–H groups in total. The van der Waals surface area contributed by atoms with Crippen molar-refractivity contribution in [3.05, 3.63) is 40.3 Å². The van der Waals surface area contributed by atoms with Crippen LogP contribution in [0.25, 0.3) is 20.2 Å². The van der Waals surface area contributed by atoms with Crippen molar-refractivity contribution in [3.8, 4) is 0 Å². The second-order valence-electron chi connectivity index (χ2n) is 8.48. The number of likely N-dealkylation sites (N-methyl/N-ethyl adjacent to an activating group) is 1. The number of aromatic nitrogens is 2. The molecule has 8 heteroatoms. The molecule has 1 saturated heterocycles. The van der Waals surface area contributed by atoms with E-state index in [0.717, 1.165) is 66.2 Å². The van der Waals surface area contributed by atoms with E-state index in [2.05, 4.69) is 27.1 Å². The van der Waals surface area contributed by atoms with Gasteiger partial charge in [-0.2, -0.15) is 5.10 Å². The Bertz CT molecular complexity index is 1150. The normalized spacial score (nSPS) is 16.6. The maximum Gasteiger partial charge on any atom is 0.276 e. The molecule has 1 aliphatic rings. The lowest BCUT2D eigenvalue weighted by molar-refractivity contribution is -0.124. The number of piperazine rings is 1. The highest BCUT2D eigenvalue weighted by Gasteiger charge is 2.24. The lowest BCUT2D eigenvalue weighted by Gasteiger charge is -2.34. The molecule has 1 atom stereocenters. The van der Waals surface area contributed by atoms with Crippen LogP contribution in [0.3, 0.4) is 0 Å². The predicted octanol–water partition coefficient (Wildman–Crippen LogP) is 3.01. The number of hydrogen-bond donors (Lipinski definition) is 1. The molecule has 1 amide bonds. The molecule has 0 radical (unpaired) electrons. The maximum absolute atomic E-state index is 13.4. The van der Waals surface area contributed by atoms with Crippen LogP contribution in [-0.4, -0.2) is 71.3 Å². The fourth-order valence-corrected chi connectivity index (χ4v) is 5.66. The van der Waals surface area contributed by atoms with Gasteiger partial charge in [0.2, 0.25) is 5.91 Å². The summed E-state index contributed by atoms with van der Waals surface area (Å²) < 4.78 is 3.38. The molecule has 2 aromatic heterocycles. The number of fused-ring (bicyclic) bond motifs is 3. The van der Waals surface area contributed by atoms with Crippen LogP contribution >= 0.6 is 11.3 Å². The monoisotopic (exact) mass is 455 g/mol. The number of aryl methyl sites for hydroxylation is 1. The topological polar surface area (TPSA) is 70.5 Å². The van der Waals surface area contributed by atoms with Crippen molar-refractivity contribution in [2.75, 3.05) is 45.8 Å². The second-order valence-corrected chi connectivity index (χ2v) is 9.53. The van der Waals surface area contributed by atoms with Crippen LogP contribution in [0.5, 0.6) is 0 Å². The minimum absolute atomic E-state index is 0.129. The third-order valence-corrected chi connectivity index (χ3v) is 7.73. The zero-order valence-electron chi connectivity index (χ0n) is 19.3.